The van der Waals surface area contributed by atoms with Crippen LogP contribution in [-0.2, 0) is 4.74 Å². The van der Waals surface area contributed by atoms with Crippen molar-refractivity contribution in [2.75, 3.05) is 39.9 Å². The standard InChI is InChI=1S/C11H26N2O/c1-5-13(6-2)9-7-8-12-11(3)10-14-4/h11-12H,5-10H2,1-4H3. The van der Waals surface area contributed by atoms with Gasteiger partial charge in [0.1, 0.15) is 0 Å². The average Bonchev–Trinajstić information content (AvgIpc) is 2.19. The van der Waals surface area contributed by atoms with Gasteiger partial charge in [-0.2, -0.15) is 0 Å². The van der Waals surface area contributed by atoms with Crippen molar-refractivity contribution in [2.24, 2.45) is 0 Å². The van der Waals surface area contributed by atoms with Crippen LogP contribution in [0.15, 0.2) is 0 Å². The second-order valence-corrected chi connectivity index (χ2v) is 3.69. The van der Waals surface area contributed by atoms with Crippen LogP contribution in [0.1, 0.15) is 27.2 Å². The highest BCUT2D eigenvalue weighted by Crippen LogP contribution is 1.90. The van der Waals surface area contributed by atoms with Gasteiger partial charge >= 0.3 is 0 Å². The third kappa shape index (κ3) is 7.30. The summed E-state index contributed by atoms with van der Waals surface area (Å²) in [6.45, 7) is 12.0. The van der Waals surface area contributed by atoms with E-state index >= 15 is 0 Å². The van der Waals surface area contributed by atoms with Gasteiger partial charge in [-0.05, 0) is 39.5 Å². The summed E-state index contributed by atoms with van der Waals surface area (Å²) >= 11 is 0. The van der Waals surface area contributed by atoms with Crippen molar-refractivity contribution < 1.29 is 4.74 Å². The smallest absolute Gasteiger partial charge is 0.0613 e. The molecule has 0 saturated heterocycles. The van der Waals surface area contributed by atoms with E-state index in [-0.39, 0.29) is 0 Å². The summed E-state index contributed by atoms with van der Waals surface area (Å²) in [4.78, 5) is 2.45. The molecule has 0 fully saturated rings. The van der Waals surface area contributed by atoms with Crippen LogP contribution in [0.4, 0.5) is 0 Å². The highest BCUT2D eigenvalue weighted by molar-refractivity contribution is 4.60. The van der Waals surface area contributed by atoms with Crippen LogP contribution in [0.3, 0.4) is 0 Å². The zero-order chi connectivity index (χ0) is 10.8. The molecule has 0 rings (SSSR count). The van der Waals surface area contributed by atoms with Crippen molar-refractivity contribution in [2.45, 2.75) is 33.2 Å². The fourth-order valence-corrected chi connectivity index (χ4v) is 1.50. The van der Waals surface area contributed by atoms with Crippen LogP contribution in [0.25, 0.3) is 0 Å². The maximum Gasteiger partial charge on any atom is 0.0613 e. The molecule has 0 aromatic carbocycles. The SMILES string of the molecule is CCN(CC)CCCNC(C)COC. The van der Waals surface area contributed by atoms with Crippen LogP contribution in [0.2, 0.25) is 0 Å². The second kappa shape index (κ2) is 9.44. The highest BCUT2D eigenvalue weighted by atomic mass is 16.5. The average molecular weight is 202 g/mol. The van der Waals surface area contributed by atoms with Crippen molar-refractivity contribution in [1.29, 1.82) is 0 Å². The Morgan fingerprint density at radius 3 is 2.43 bits per heavy atom. The first kappa shape index (κ1) is 13.9. The molecule has 3 heteroatoms. The molecule has 86 valence electrons. The predicted octanol–water partition coefficient (Wildman–Crippen LogP) is 1.34. The number of methoxy groups -OCH3 is 1. The molecular weight excluding hydrogens is 176 g/mol. The van der Waals surface area contributed by atoms with Gasteiger partial charge in [0.2, 0.25) is 0 Å². The van der Waals surface area contributed by atoms with Crippen LogP contribution < -0.4 is 5.32 Å². The summed E-state index contributed by atoms with van der Waals surface area (Å²) in [7, 11) is 1.74. The Morgan fingerprint density at radius 1 is 1.29 bits per heavy atom. The maximum absolute atomic E-state index is 5.05. The lowest BCUT2D eigenvalue weighted by atomic mass is 10.3. The normalized spacial score (nSPS) is 13.5. The lowest BCUT2D eigenvalue weighted by Gasteiger charge is -2.18. The summed E-state index contributed by atoms with van der Waals surface area (Å²) in [6.07, 6.45) is 1.22. The van der Waals surface area contributed by atoms with Crippen LogP contribution in [-0.4, -0.2) is 50.8 Å². The third-order valence-corrected chi connectivity index (χ3v) is 2.46. The summed E-state index contributed by atoms with van der Waals surface area (Å²) in [6, 6.07) is 0.469. The van der Waals surface area contributed by atoms with E-state index in [0.717, 1.165) is 26.2 Å². The first-order chi connectivity index (χ1) is 6.74. The summed E-state index contributed by atoms with van der Waals surface area (Å²) in [5.74, 6) is 0. The molecule has 0 amide bonds. The minimum absolute atomic E-state index is 0.469. The molecule has 0 saturated carbocycles. The Morgan fingerprint density at radius 2 is 1.93 bits per heavy atom. The quantitative estimate of drug-likeness (QED) is 0.571. The van der Waals surface area contributed by atoms with E-state index in [2.05, 4.69) is 31.0 Å². The molecule has 0 aliphatic rings. The Hall–Kier alpha value is -0.120. The molecule has 0 aromatic rings. The van der Waals surface area contributed by atoms with Crippen LogP contribution in [0.5, 0.6) is 0 Å². The van der Waals surface area contributed by atoms with Gasteiger partial charge in [0, 0.05) is 13.2 Å². The molecule has 3 nitrogen and oxygen atoms in total. The minimum atomic E-state index is 0.469. The monoisotopic (exact) mass is 202 g/mol. The number of hydrogen-bond acceptors (Lipinski definition) is 3. The van der Waals surface area contributed by atoms with Crippen LogP contribution in [0, 0.1) is 0 Å². The van der Waals surface area contributed by atoms with Crippen molar-refractivity contribution in [3.05, 3.63) is 0 Å². The molecule has 0 aliphatic carbocycles. The second-order valence-electron chi connectivity index (χ2n) is 3.69. The van der Waals surface area contributed by atoms with E-state index in [1.807, 2.05) is 0 Å². The molecule has 0 heterocycles. The number of hydrogen-bond donors (Lipinski definition) is 1. The van der Waals surface area contributed by atoms with Gasteiger partial charge in [0.15, 0.2) is 0 Å². The zero-order valence-electron chi connectivity index (χ0n) is 10.2. The molecule has 0 spiro atoms. The molecule has 14 heavy (non-hydrogen) atoms. The van der Waals surface area contributed by atoms with Gasteiger partial charge < -0.3 is 15.0 Å². The molecular formula is C11H26N2O. The maximum atomic E-state index is 5.05. The fourth-order valence-electron chi connectivity index (χ4n) is 1.50. The van der Waals surface area contributed by atoms with Crippen molar-refractivity contribution >= 4 is 0 Å². The highest BCUT2D eigenvalue weighted by Gasteiger charge is 2.01. The lowest BCUT2D eigenvalue weighted by Crippen LogP contribution is -2.33. The molecule has 1 atom stereocenters. The number of rotatable bonds is 9. The first-order valence-electron chi connectivity index (χ1n) is 5.69. The van der Waals surface area contributed by atoms with Gasteiger partial charge in [0.25, 0.3) is 0 Å². The largest absolute Gasteiger partial charge is 0.383 e. The molecule has 0 aromatic heterocycles. The molecule has 1 N–H and O–H groups in total. The number of ether oxygens (including phenoxy) is 1. The Bertz CT molecular complexity index is 116. The summed E-state index contributed by atoms with van der Waals surface area (Å²) in [5, 5.41) is 3.44. The molecule has 0 aliphatic heterocycles. The van der Waals surface area contributed by atoms with E-state index in [1.165, 1.54) is 13.0 Å². The fraction of sp³-hybridized carbons (Fsp3) is 1.00. The van der Waals surface area contributed by atoms with Gasteiger partial charge in [-0.25, -0.2) is 0 Å². The molecule has 0 bridgehead atoms. The van der Waals surface area contributed by atoms with Gasteiger partial charge in [-0.3, -0.25) is 0 Å². The van der Waals surface area contributed by atoms with E-state index < -0.39 is 0 Å². The van der Waals surface area contributed by atoms with Gasteiger partial charge in [-0.1, -0.05) is 13.8 Å². The van der Waals surface area contributed by atoms with E-state index in [4.69, 9.17) is 4.74 Å². The summed E-state index contributed by atoms with van der Waals surface area (Å²) in [5.41, 5.74) is 0. The van der Waals surface area contributed by atoms with E-state index in [9.17, 15) is 0 Å². The lowest BCUT2D eigenvalue weighted by molar-refractivity contribution is 0.171. The van der Waals surface area contributed by atoms with Crippen LogP contribution >= 0.6 is 0 Å². The summed E-state index contributed by atoms with van der Waals surface area (Å²) < 4.78 is 5.05. The van der Waals surface area contributed by atoms with E-state index in [1.54, 1.807) is 7.11 Å². The van der Waals surface area contributed by atoms with E-state index in [0.29, 0.717) is 6.04 Å². The topological polar surface area (TPSA) is 24.5 Å². The number of nitrogens with zero attached hydrogens (tertiary/aromatic N) is 1. The van der Waals surface area contributed by atoms with Crippen molar-refractivity contribution in [3.63, 3.8) is 0 Å². The molecule has 0 radical (unpaired) electrons. The zero-order valence-corrected chi connectivity index (χ0v) is 10.2. The van der Waals surface area contributed by atoms with Gasteiger partial charge in [-0.15, -0.1) is 0 Å². The minimum Gasteiger partial charge on any atom is -0.383 e. The first-order valence-corrected chi connectivity index (χ1v) is 5.69. The predicted molar refractivity (Wildman–Crippen MR) is 61.7 cm³/mol. The van der Waals surface area contributed by atoms with Gasteiger partial charge in [0.05, 0.1) is 6.61 Å². The third-order valence-electron chi connectivity index (χ3n) is 2.46. The van der Waals surface area contributed by atoms with Crippen molar-refractivity contribution in [3.8, 4) is 0 Å². The van der Waals surface area contributed by atoms with Crippen molar-refractivity contribution in [1.82, 2.24) is 10.2 Å². The Kier molecular flexibility index (Phi) is 9.35. The molecule has 1 unspecified atom stereocenters. The Balaban J connectivity index is 3.27. The Labute approximate surface area is 88.8 Å². The number of nitrogens with one attached hydrogen (secondary N) is 1.